The number of hydrogen-bond acceptors (Lipinski definition) is 4. The number of anilines is 1. The third-order valence-corrected chi connectivity index (χ3v) is 5.38. The van der Waals surface area contributed by atoms with Gasteiger partial charge in [0.05, 0.1) is 10.6 Å². The molecule has 0 saturated carbocycles. The Morgan fingerprint density at radius 1 is 1.23 bits per heavy atom. The molecule has 1 aromatic carbocycles. The van der Waals surface area contributed by atoms with Crippen LogP contribution in [0.5, 0.6) is 0 Å². The summed E-state index contributed by atoms with van der Waals surface area (Å²) >= 11 is 1.27. The molecule has 0 bridgehead atoms. The topological polar surface area (TPSA) is 36.4 Å². The smallest absolute Gasteiger partial charge is 0.229 e. The number of halogens is 2. The third-order valence-electron chi connectivity index (χ3n) is 4.32. The molecule has 1 amide bonds. The molecule has 2 fully saturated rings. The van der Waals surface area contributed by atoms with Crippen LogP contribution in [0.1, 0.15) is 12.8 Å². The lowest BCUT2D eigenvalue weighted by molar-refractivity contribution is -0.135. The van der Waals surface area contributed by atoms with E-state index < -0.39 is 11.6 Å². The van der Waals surface area contributed by atoms with Crippen LogP contribution in [0.15, 0.2) is 12.1 Å². The third kappa shape index (κ3) is 2.24. The van der Waals surface area contributed by atoms with Gasteiger partial charge in [-0.1, -0.05) is 11.3 Å². The number of nitrogens with zero attached hydrogens (tertiary/aromatic N) is 3. The number of benzene rings is 1. The Morgan fingerprint density at radius 2 is 1.95 bits per heavy atom. The van der Waals surface area contributed by atoms with E-state index in [9.17, 15) is 13.6 Å². The van der Waals surface area contributed by atoms with E-state index in [1.54, 1.807) is 0 Å². The zero-order valence-electron chi connectivity index (χ0n) is 11.9. The quantitative estimate of drug-likeness (QED) is 0.852. The SMILES string of the molecule is O=C(C1CN(c2nc3c(F)cc(F)cc3s2)C1)N1CCCC1. The van der Waals surface area contributed by atoms with Crippen LogP contribution in [0.2, 0.25) is 0 Å². The molecular formula is C15H15F2N3OS. The fourth-order valence-electron chi connectivity index (χ4n) is 3.07. The van der Waals surface area contributed by atoms with Crippen molar-refractivity contribution >= 4 is 32.6 Å². The minimum atomic E-state index is -0.636. The summed E-state index contributed by atoms with van der Waals surface area (Å²) in [6.07, 6.45) is 2.18. The van der Waals surface area contributed by atoms with E-state index in [4.69, 9.17) is 0 Å². The monoisotopic (exact) mass is 323 g/mol. The van der Waals surface area contributed by atoms with Crippen LogP contribution in [-0.2, 0) is 4.79 Å². The molecule has 0 spiro atoms. The van der Waals surface area contributed by atoms with Gasteiger partial charge in [-0.2, -0.15) is 0 Å². The molecule has 116 valence electrons. The number of carbonyl (C=O) groups excluding carboxylic acids is 1. The molecule has 22 heavy (non-hydrogen) atoms. The van der Waals surface area contributed by atoms with Gasteiger partial charge >= 0.3 is 0 Å². The molecule has 2 aromatic rings. The summed E-state index contributed by atoms with van der Waals surface area (Å²) in [5.74, 6) is -1.01. The van der Waals surface area contributed by atoms with Gasteiger partial charge in [-0.05, 0) is 18.9 Å². The lowest BCUT2D eigenvalue weighted by atomic mass is 9.99. The van der Waals surface area contributed by atoms with Gasteiger partial charge in [0.15, 0.2) is 10.9 Å². The molecule has 7 heteroatoms. The Bertz CT molecular complexity index is 736. The molecular weight excluding hydrogens is 308 g/mol. The van der Waals surface area contributed by atoms with Crippen LogP contribution in [0, 0.1) is 17.6 Å². The summed E-state index contributed by atoms with van der Waals surface area (Å²) in [6, 6.07) is 2.15. The first-order valence-corrected chi connectivity index (χ1v) is 8.23. The number of fused-ring (bicyclic) bond motifs is 1. The van der Waals surface area contributed by atoms with E-state index in [2.05, 4.69) is 4.98 Å². The zero-order chi connectivity index (χ0) is 15.3. The molecule has 3 heterocycles. The van der Waals surface area contributed by atoms with Crippen LogP contribution in [-0.4, -0.2) is 42.0 Å². The van der Waals surface area contributed by atoms with E-state index in [1.165, 1.54) is 17.4 Å². The first kappa shape index (κ1) is 13.9. The number of hydrogen-bond donors (Lipinski definition) is 0. The van der Waals surface area contributed by atoms with Gasteiger partial charge in [-0.3, -0.25) is 4.79 Å². The fraction of sp³-hybridized carbons (Fsp3) is 0.467. The second-order valence-corrected chi connectivity index (χ2v) is 6.87. The number of amides is 1. The summed E-state index contributed by atoms with van der Waals surface area (Å²) in [4.78, 5) is 20.4. The van der Waals surface area contributed by atoms with Crippen molar-refractivity contribution in [2.75, 3.05) is 31.1 Å². The van der Waals surface area contributed by atoms with Crippen molar-refractivity contribution in [1.29, 1.82) is 0 Å². The highest BCUT2D eigenvalue weighted by Gasteiger charge is 2.37. The maximum Gasteiger partial charge on any atom is 0.229 e. The predicted molar refractivity (Wildman–Crippen MR) is 81.1 cm³/mol. The Morgan fingerprint density at radius 3 is 2.68 bits per heavy atom. The average Bonchev–Trinajstić information content (AvgIpc) is 3.05. The van der Waals surface area contributed by atoms with Crippen molar-refractivity contribution in [3.05, 3.63) is 23.8 Å². The molecule has 2 aliphatic heterocycles. The molecule has 0 N–H and O–H groups in total. The second kappa shape index (κ2) is 5.15. The number of likely N-dealkylation sites (tertiary alicyclic amines) is 1. The highest BCUT2D eigenvalue weighted by Crippen LogP contribution is 2.35. The molecule has 1 aromatic heterocycles. The second-order valence-electron chi connectivity index (χ2n) is 5.87. The summed E-state index contributed by atoms with van der Waals surface area (Å²) in [5.41, 5.74) is 0.204. The Labute approximate surface area is 130 Å². The van der Waals surface area contributed by atoms with E-state index in [1.807, 2.05) is 9.80 Å². The lowest BCUT2D eigenvalue weighted by Gasteiger charge is -2.39. The van der Waals surface area contributed by atoms with Crippen LogP contribution in [0.4, 0.5) is 13.9 Å². The van der Waals surface area contributed by atoms with Crippen molar-refractivity contribution < 1.29 is 13.6 Å². The zero-order valence-corrected chi connectivity index (χ0v) is 12.7. The largest absolute Gasteiger partial charge is 0.346 e. The number of carbonyl (C=O) groups is 1. The van der Waals surface area contributed by atoms with E-state index in [0.717, 1.165) is 32.0 Å². The Hall–Kier alpha value is -1.76. The van der Waals surface area contributed by atoms with Gasteiger partial charge in [0.1, 0.15) is 11.3 Å². The molecule has 0 aliphatic carbocycles. The molecule has 0 unspecified atom stereocenters. The molecule has 0 atom stereocenters. The van der Waals surface area contributed by atoms with Gasteiger partial charge in [0, 0.05) is 32.2 Å². The highest BCUT2D eigenvalue weighted by molar-refractivity contribution is 7.22. The maximum atomic E-state index is 13.7. The summed E-state index contributed by atoms with van der Waals surface area (Å²) in [5, 5.41) is 0.657. The van der Waals surface area contributed by atoms with Crippen molar-refractivity contribution in [1.82, 2.24) is 9.88 Å². The van der Waals surface area contributed by atoms with Crippen molar-refractivity contribution in [2.24, 2.45) is 5.92 Å². The number of thiazole rings is 1. The van der Waals surface area contributed by atoms with Crippen molar-refractivity contribution in [3.63, 3.8) is 0 Å². The van der Waals surface area contributed by atoms with Crippen LogP contribution in [0.25, 0.3) is 10.2 Å². The normalized spacial score (nSPS) is 19.0. The molecule has 4 nitrogen and oxygen atoms in total. The van der Waals surface area contributed by atoms with Crippen LogP contribution < -0.4 is 4.90 Å². The highest BCUT2D eigenvalue weighted by atomic mass is 32.1. The predicted octanol–water partition coefficient (Wildman–Crippen LogP) is 2.63. The van der Waals surface area contributed by atoms with E-state index >= 15 is 0 Å². The number of rotatable bonds is 2. The van der Waals surface area contributed by atoms with Gasteiger partial charge < -0.3 is 9.80 Å². The molecule has 2 aliphatic rings. The number of aromatic nitrogens is 1. The Balaban J connectivity index is 1.48. The first-order valence-electron chi connectivity index (χ1n) is 7.41. The minimum Gasteiger partial charge on any atom is -0.346 e. The molecule has 0 radical (unpaired) electrons. The fourth-order valence-corrected chi connectivity index (χ4v) is 4.09. The van der Waals surface area contributed by atoms with Crippen molar-refractivity contribution in [2.45, 2.75) is 12.8 Å². The van der Waals surface area contributed by atoms with Crippen molar-refractivity contribution in [3.8, 4) is 0 Å². The average molecular weight is 323 g/mol. The van der Waals surface area contributed by atoms with E-state index in [-0.39, 0.29) is 17.3 Å². The standard InChI is InChI=1S/C15H15F2N3OS/c16-10-5-11(17)13-12(6-10)22-15(18-13)20-7-9(8-20)14(21)19-3-1-2-4-19/h5-6,9H,1-4,7-8H2. The minimum absolute atomic E-state index is 0.00620. The molecule has 2 saturated heterocycles. The lowest BCUT2D eigenvalue weighted by Crippen LogP contribution is -2.54. The van der Waals surface area contributed by atoms with Gasteiger partial charge in [-0.25, -0.2) is 13.8 Å². The maximum absolute atomic E-state index is 13.7. The summed E-state index contributed by atoms with van der Waals surface area (Å²) in [6.45, 7) is 2.94. The Kier molecular flexibility index (Phi) is 3.25. The van der Waals surface area contributed by atoms with E-state index in [0.29, 0.717) is 22.9 Å². The first-order chi connectivity index (χ1) is 10.6. The van der Waals surface area contributed by atoms with Gasteiger partial charge in [-0.15, -0.1) is 0 Å². The summed E-state index contributed by atoms with van der Waals surface area (Å²) < 4.78 is 27.4. The van der Waals surface area contributed by atoms with Gasteiger partial charge in [0.2, 0.25) is 5.91 Å². The van der Waals surface area contributed by atoms with Gasteiger partial charge in [0.25, 0.3) is 0 Å². The molecule has 4 rings (SSSR count). The van der Waals surface area contributed by atoms with Crippen LogP contribution in [0.3, 0.4) is 0 Å². The summed E-state index contributed by atoms with van der Waals surface area (Å²) in [7, 11) is 0. The van der Waals surface area contributed by atoms with Crippen LogP contribution >= 0.6 is 11.3 Å².